The molecule has 0 heterocycles. The van der Waals surface area contributed by atoms with Crippen LogP contribution in [0.25, 0.3) is 0 Å². The van der Waals surface area contributed by atoms with Crippen LogP contribution in [-0.2, 0) is 6.42 Å². The van der Waals surface area contributed by atoms with Gasteiger partial charge in [0.1, 0.15) is 5.75 Å². The standard InChI is InChI=1S/C27H32O2/c1-3-7-22-24(29)16-27(2)13-12-21-20-11-10-19(28)14-18(20)15-23(25(21)26(22)27)17-8-5-4-6-9-17/h3-6,8-11,14,21-26,28-29H,1,7,12-13,15-16H2,2H3/t21-,22-,23+,24+,25+,26+,27-/m1/s1. The summed E-state index contributed by atoms with van der Waals surface area (Å²) in [7, 11) is 0. The second-order valence-corrected chi connectivity index (χ2v) is 9.97. The van der Waals surface area contributed by atoms with Gasteiger partial charge in [0.2, 0.25) is 0 Å². The number of hydrogen-bond donors (Lipinski definition) is 2. The van der Waals surface area contributed by atoms with Gasteiger partial charge in [-0.2, -0.15) is 0 Å². The van der Waals surface area contributed by atoms with Crippen molar-refractivity contribution in [1.82, 2.24) is 0 Å². The van der Waals surface area contributed by atoms with Crippen molar-refractivity contribution in [2.24, 2.45) is 23.2 Å². The molecule has 0 unspecified atom stereocenters. The van der Waals surface area contributed by atoms with Gasteiger partial charge in [0.15, 0.2) is 0 Å². The minimum Gasteiger partial charge on any atom is -0.508 e. The number of allylic oxidation sites excluding steroid dienone is 1. The molecule has 2 nitrogen and oxygen atoms in total. The highest BCUT2D eigenvalue weighted by Crippen LogP contribution is 2.65. The maximum Gasteiger partial charge on any atom is 0.115 e. The minimum atomic E-state index is -0.223. The summed E-state index contributed by atoms with van der Waals surface area (Å²) in [5.74, 6) is 2.63. The molecule has 29 heavy (non-hydrogen) atoms. The average molecular weight is 389 g/mol. The van der Waals surface area contributed by atoms with Crippen LogP contribution in [-0.4, -0.2) is 16.3 Å². The third kappa shape index (κ3) is 2.95. The van der Waals surface area contributed by atoms with Crippen LogP contribution in [0.2, 0.25) is 0 Å². The van der Waals surface area contributed by atoms with E-state index in [4.69, 9.17) is 0 Å². The first-order chi connectivity index (χ1) is 14.0. The van der Waals surface area contributed by atoms with Crippen LogP contribution in [0.4, 0.5) is 0 Å². The second-order valence-electron chi connectivity index (χ2n) is 9.97. The van der Waals surface area contributed by atoms with Crippen LogP contribution in [0.3, 0.4) is 0 Å². The molecule has 152 valence electrons. The molecule has 2 aromatic rings. The summed E-state index contributed by atoms with van der Waals surface area (Å²) in [5.41, 5.74) is 4.35. The smallest absolute Gasteiger partial charge is 0.115 e. The molecule has 2 heteroatoms. The fourth-order valence-corrected chi connectivity index (χ4v) is 7.40. The SMILES string of the molecule is C=CC[C@H]1[C@H]2[C@H]3[C@H](CC[C@]2(C)C[C@@H]1O)c1ccc(O)cc1C[C@H]3c1ccccc1. The first-order valence-electron chi connectivity index (χ1n) is 11.2. The summed E-state index contributed by atoms with van der Waals surface area (Å²) in [6.07, 6.45) is 6.92. The van der Waals surface area contributed by atoms with Gasteiger partial charge in [-0.1, -0.05) is 49.4 Å². The lowest BCUT2D eigenvalue weighted by Crippen LogP contribution is -2.45. The number of aliphatic hydroxyl groups is 1. The number of benzene rings is 2. The van der Waals surface area contributed by atoms with Crippen molar-refractivity contribution in [3.05, 3.63) is 77.9 Å². The number of phenols is 1. The quantitative estimate of drug-likeness (QED) is 0.652. The zero-order valence-electron chi connectivity index (χ0n) is 17.3. The summed E-state index contributed by atoms with van der Waals surface area (Å²) >= 11 is 0. The van der Waals surface area contributed by atoms with Crippen molar-refractivity contribution in [2.75, 3.05) is 0 Å². The van der Waals surface area contributed by atoms with Crippen molar-refractivity contribution in [1.29, 1.82) is 0 Å². The van der Waals surface area contributed by atoms with E-state index in [-0.39, 0.29) is 11.5 Å². The Morgan fingerprint density at radius 2 is 1.93 bits per heavy atom. The van der Waals surface area contributed by atoms with Gasteiger partial charge in [0.05, 0.1) is 6.10 Å². The summed E-state index contributed by atoms with van der Waals surface area (Å²) in [4.78, 5) is 0. The largest absolute Gasteiger partial charge is 0.508 e. The maximum atomic E-state index is 11.0. The van der Waals surface area contributed by atoms with Gasteiger partial charge in [-0.3, -0.25) is 0 Å². The van der Waals surface area contributed by atoms with Crippen LogP contribution in [0, 0.1) is 23.2 Å². The van der Waals surface area contributed by atoms with Gasteiger partial charge >= 0.3 is 0 Å². The van der Waals surface area contributed by atoms with Crippen molar-refractivity contribution < 1.29 is 10.2 Å². The van der Waals surface area contributed by atoms with Crippen LogP contribution >= 0.6 is 0 Å². The van der Waals surface area contributed by atoms with E-state index < -0.39 is 0 Å². The molecule has 7 atom stereocenters. The number of hydrogen-bond acceptors (Lipinski definition) is 2. The molecule has 2 saturated carbocycles. The molecule has 0 aromatic heterocycles. The molecule has 0 aliphatic heterocycles. The molecular weight excluding hydrogens is 356 g/mol. The summed E-state index contributed by atoms with van der Waals surface area (Å²) < 4.78 is 0. The predicted molar refractivity (Wildman–Crippen MR) is 117 cm³/mol. The topological polar surface area (TPSA) is 40.5 Å². The van der Waals surface area contributed by atoms with E-state index in [1.165, 1.54) is 29.5 Å². The molecule has 2 N–H and O–H groups in total. The number of phenolic OH excluding ortho intramolecular Hbond substituents is 1. The van der Waals surface area contributed by atoms with Gasteiger partial charge in [-0.05, 0) is 95.9 Å². The van der Waals surface area contributed by atoms with E-state index in [0.29, 0.717) is 35.3 Å². The normalized spacial score (nSPS) is 38.0. The number of aromatic hydroxyl groups is 1. The van der Waals surface area contributed by atoms with Crippen LogP contribution < -0.4 is 0 Å². The van der Waals surface area contributed by atoms with E-state index in [9.17, 15) is 10.2 Å². The molecular formula is C27H32O2. The first-order valence-corrected chi connectivity index (χ1v) is 11.2. The molecule has 3 aliphatic carbocycles. The Balaban J connectivity index is 1.66. The highest BCUT2D eigenvalue weighted by Gasteiger charge is 2.59. The zero-order valence-corrected chi connectivity index (χ0v) is 17.3. The average Bonchev–Trinajstić information content (AvgIpc) is 2.97. The third-order valence-electron chi connectivity index (χ3n) is 8.44. The molecule has 5 rings (SSSR count). The fourth-order valence-electron chi connectivity index (χ4n) is 7.40. The number of aliphatic hydroxyl groups excluding tert-OH is 1. The highest BCUT2D eigenvalue weighted by molar-refractivity contribution is 5.43. The van der Waals surface area contributed by atoms with E-state index in [1.807, 2.05) is 18.2 Å². The Kier molecular flexibility index (Phi) is 4.58. The van der Waals surface area contributed by atoms with Crippen molar-refractivity contribution >= 4 is 0 Å². The monoisotopic (exact) mass is 388 g/mol. The molecule has 0 saturated heterocycles. The van der Waals surface area contributed by atoms with Crippen molar-refractivity contribution in [3.8, 4) is 5.75 Å². The van der Waals surface area contributed by atoms with Gasteiger partial charge in [-0.15, -0.1) is 6.58 Å². The minimum absolute atomic E-state index is 0.204. The predicted octanol–water partition coefficient (Wildman–Crippen LogP) is 5.81. The Hall–Kier alpha value is -2.06. The lowest BCUT2D eigenvalue weighted by atomic mass is 9.50. The molecule has 0 radical (unpaired) electrons. The first kappa shape index (κ1) is 18.9. The molecule has 2 aromatic carbocycles. The Morgan fingerprint density at radius 3 is 2.69 bits per heavy atom. The summed E-state index contributed by atoms with van der Waals surface area (Å²) in [5, 5.41) is 21.1. The lowest BCUT2D eigenvalue weighted by Gasteiger charge is -2.53. The van der Waals surface area contributed by atoms with Crippen molar-refractivity contribution in [2.45, 2.75) is 57.0 Å². The van der Waals surface area contributed by atoms with Gasteiger partial charge in [-0.25, -0.2) is 0 Å². The molecule has 0 bridgehead atoms. The van der Waals surface area contributed by atoms with Gasteiger partial charge < -0.3 is 10.2 Å². The van der Waals surface area contributed by atoms with E-state index >= 15 is 0 Å². The van der Waals surface area contributed by atoms with Crippen LogP contribution in [0.15, 0.2) is 61.2 Å². The fraction of sp³-hybridized carbons (Fsp3) is 0.481. The van der Waals surface area contributed by atoms with Gasteiger partial charge in [0.25, 0.3) is 0 Å². The lowest BCUT2D eigenvalue weighted by molar-refractivity contribution is 0.0187. The molecule has 0 spiro atoms. The second kappa shape index (κ2) is 7.02. The Morgan fingerprint density at radius 1 is 1.14 bits per heavy atom. The highest BCUT2D eigenvalue weighted by atomic mass is 16.3. The van der Waals surface area contributed by atoms with Crippen molar-refractivity contribution in [3.63, 3.8) is 0 Å². The Bertz CT molecular complexity index is 904. The summed E-state index contributed by atoms with van der Waals surface area (Å²) in [6, 6.07) is 16.9. The number of fused-ring (bicyclic) bond motifs is 5. The van der Waals surface area contributed by atoms with Gasteiger partial charge in [0, 0.05) is 0 Å². The summed E-state index contributed by atoms with van der Waals surface area (Å²) in [6.45, 7) is 6.43. The van der Waals surface area contributed by atoms with Crippen LogP contribution in [0.5, 0.6) is 5.75 Å². The third-order valence-corrected chi connectivity index (χ3v) is 8.44. The molecule has 3 aliphatic rings. The van der Waals surface area contributed by atoms with Crippen LogP contribution in [0.1, 0.15) is 61.1 Å². The zero-order chi connectivity index (χ0) is 20.2. The Labute approximate surface area is 174 Å². The van der Waals surface area contributed by atoms with E-state index in [2.05, 4.69) is 49.9 Å². The molecule has 0 amide bonds. The van der Waals surface area contributed by atoms with E-state index in [0.717, 1.165) is 19.3 Å². The number of rotatable bonds is 3. The maximum absolute atomic E-state index is 11.0. The van der Waals surface area contributed by atoms with E-state index in [1.54, 1.807) is 0 Å². The molecule has 2 fully saturated rings.